The Balaban J connectivity index is 2.40. The van der Waals surface area contributed by atoms with Gasteiger partial charge in [-0.2, -0.15) is 0 Å². The van der Waals surface area contributed by atoms with E-state index in [-0.39, 0.29) is 6.04 Å². The molecule has 0 bridgehead atoms. The van der Waals surface area contributed by atoms with E-state index in [1.54, 1.807) is 7.11 Å². The van der Waals surface area contributed by atoms with Gasteiger partial charge < -0.3 is 10.5 Å². The van der Waals surface area contributed by atoms with Gasteiger partial charge in [-0.3, -0.25) is 0 Å². The van der Waals surface area contributed by atoms with Gasteiger partial charge in [0.2, 0.25) is 0 Å². The Kier molecular flexibility index (Phi) is 2.66. The lowest BCUT2D eigenvalue weighted by atomic mass is 9.88. The van der Waals surface area contributed by atoms with Gasteiger partial charge in [-0.05, 0) is 42.5 Å². The van der Waals surface area contributed by atoms with Crippen molar-refractivity contribution < 1.29 is 4.74 Å². The summed E-state index contributed by atoms with van der Waals surface area (Å²) in [6.45, 7) is 0. The van der Waals surface area contributed by atoms with Crippen molar-refractivity contribution >= 4 is 11.6 Å². The van der Waals surface area contributed by atoms with Gasteiger partial charge in [0.25, 0.3) is 0 Å². The number of methoxy groups -OCH3 is 1. The predicted molar refractivity (Wildman–Crippen MR) is 58.0 cm³/mol. The molecule has 1 unspecified atom stereocenters. The minimum absolute atomic E-state index is 0.284. The molecule has 0 saturated carbocycles. The summed E-state index contributed by atoms with van der Waals surface area (Å²) in [5.74, 6) is 0.765. The van der Waals surface area contributed by atoms with Crippen LogP contribution in [0.15, 0.2) is 12.1 Å². The molecule has 0 saturated heterocycles. The monoisotopic (exact) mass is 211 g/mol. The fourth-order valence-corrected chi connectivity index (χ4v) is 2.20. The fraction of sp³-hybridized carbons (Fsp3) is 0.455. The van der Waals surface area contributed by atoms with Gasteiger partial charge in [-0.25, -0.2) is 0 Å². The van der Waals surface area contributed by atoms with E-state index in [0.29, 0.717) is 5.02 Å². The molecule has 1 aromatic carbocycles. The van der Waals surface area contributed by atoms with Gasteiger partial charge in [0, 0.05) is 6.04 Å². The summed E-state index contributed by atoms with van der Waals surface area (Å²) in [5, 5.41) is 0.681. The molecule has 0 heterocycles. The highest BCUT2D eigenvalue weighted by molar-refractivity contribution is 6.32. The van der Waals surface area contributed by atoms with Crippen LogP contribution in [0, 0.1) is 0 Å². The second-order valence-corrected chi connectivity index (χ2v) is 4.17. The molecule has 1 aromatic rings. The minimum atomic E-state index is 0.284. The average molecular weight is 212 g/mol. The van der Waals surface area contributed by atoms with Crippen LogP contribution in [-0.2, 0) is 12.8 Å². The van der Waals surface area contributed by atoms with Crippen LogP contribution in [-0.4, -0.2) is 13.2 Å². The van der Waals surface area contributed by atoms with Gasteiger partial charge >= 0.3 is 0 Å². The summed E-state index contributed by atoms with van der Waals surface area (Å²) >= 11 is 6.04. The van der Waals surface area contributed by atoms with Gasteiger partial charge in [-0.1, -0.05) is 11.6 Å². The SMILES string of the molecule is COc1cc2c(cc1Cl)CC(N)CC2. The second-order valence-electron chi connectivity index (χ2n) is 3.76. The Labute approximate surface area is 89.0 Å². The maximum Gasteiger partial charge on any atom is 0.137 e. The van der Waals surface area contributed by atoms with Crippen LogP contribution in [0.4, 0.5) is 0 Å². The molecule has 0 amide bonds. The zero-order chi connectivity index (χ0) is 10.1. The molecule has 1 atom stereocenters. The number of nitrogens with two attached hydrogens (primary N) is 1. The molecule has 2 rings (SSSR count). The highest BCUT2D eigenvalue weighted by atomic mass is 35.5. The maximum atomic E-state index is 6.04. The zero-order valence-electron chi connectivity index (χ0n) is 8.22. The third kappa shape index (κ3) is 1.72. The van der Waals surface area contributed by atoms with Crippen molar-refractivity contribution in [3.8, 4) is 5.75 Å². The van der Waals surface area contributed by atoms with Crippen LogP contribution >= 0.6 is 11.6 Å². The molecular formula is C11H14ClNO. The normalized spacial score (nSPS) is 20.4. The van der Waals surface area contributed by atoms with Crippen LogP contribution in [0.3, 0.4) is 0 Å². The number of aryl methyl sites for hydroxylation is 1. The van der Waals surface area contributed by atoms with Crippen molar-refractivity contribution in [3.63, 3.8) is 0 Å². The van der Waals surface area contributed by atoms with Gasteiger partial charge in [0.05, 0.1) is 12.1 Å². The van der Waals surface area contributed by atoms with Gasteiger partial charge in [0.1, 0.15) is 5.75 Å². The molecule has 1 aliphatic carbocycles. The first-order chi connectivity index (χ1) is 6.70. The van der Waals surface area contributed by atoms with E-state index in [9.17, 15) is 0 Å². The van der Waals surface area contributed by atoms with Crippen molar-refractivity contribution in [2.45, 2.75) is 25.3 Å². The first-order valence-corrected chi connectivity index (χ1v) is 5.19. The number of hydrogen-bond acceptors (Lipinski definition) is 2. The summed E-state index contributed by atoms with van der Waals surface area (Å²) in [7, 11) is 1.64. The Bertz CT molecular complexity index is 351. The van der Waals surface area contributed by atoms with Crippen LogP contribution in [0.5, 0.6) is 5.75 Å². The fourth-order valence-electron chi connectivity index (χ4n) is 1.94. The van der Waals surface area contributed by atoms with E-state index in [1.165, 1.54) is 11.1 Å². The molecule has 0 aliphatic heterocycles. The zero-order valence-corrected chi connectivity index (χ0v) is 8.97. The van der Waals surface area contributed by atoms with Crippen molar-refractivity contribution in [3.05, 3.63) is 28.3 Å². The standard InChI is InChI=1S/C11H14ClNO/c1-14-11-6-7-2-3-9(13)4-8(7)5-10(11)12/h5-6,9H,2-4,13H2,1H3. The van der Waals surface area contributed by atoms with Gasteiger partial charge in [-0.15, -0.1) is 0 Å². The van der Waals surface area contributed by atoms with E-state index in [1.807, 2.05) is 12.1 Å². The summed E-state index contributed by atoms with van der Waals surface area (Å²) < 4.78 is 5.17. The third-order valence-corrected chi connectivity index (χ3v) is 3.04. The lowest BCUT2D eigenvalue weighted by molar-refractivity contribution is 0.413. The quantitative estimate of drug-likeness (QED) is 0.773. The van der Waals surface area contributed by atoms with Gasteiger partial charge in [0.15, 0.2) is 0 Å². The first-order valence-electron chi connectivity index (χ1n) is 4.81. The predicted octanol–water partition coefficient (Wildman–Crippen LogP) is 2.16. The molecule has 3 heteroatoms. The topological polar surface area (TPSA) is 35.2 Å². The largest absolute Gasteiger partial charge is 0.495 e. The third-order valence-electron chi connectivity index (χ3n) is 2.74. The lowest BCUT2D eigenvalue weighted by Gasteiger charge is -2.22. The lowest BCUT2D eigenvalue weighted by Crippen LogP contribution is -2.27. The molecular weight excluding hydrogens is 198 g/mol. The van der Waals surface area contributed by atoms with E-state index in [2.05, 4.69) is 0 Å². The van der Waals surface area contributed by atoms with Crippen LogP contribution in [0.25, 0.3) is 0 Å². The van der Waals surface area contributed by atoms with E-state index < -0.39 is 0 Å². The highest BCUT2D eigenvalue weighted by Gasteiger charge is 2.17. The molecule has 0 fully saturated rings. The van der Waals surface area contributed by atoms with E-state index in [0.717, 1.165) is 25.0 Å². The number of rotatable bonds is 1. The van der Waals surface area contributed by atoms with Crippen LogP contribution < -0.4 is 10.5 Å². The second kappa shape index (κ2) is 3.79. The Morgan fingerprint density at radius 1 is 1.43 bits per heavy atom. The molecule has 2 N–H and O–H groups in total. The van der Waals surface area contributed by atoms with Crippen molar-refractivity contribution in [1.29, 1.82) is 0 Å². The number of halogens is 1. The Hall–Kier alpha value is -0.730. The Morgan fingerprint density at radius 2 is 2.21 bits per heavy atom. The smallest absolute Gasteiger partial charge is 0.137 e. The summed E-state index contributed by atoms with van der Waals surface area (Å²) in [6, 6.07) is 4.30. The summed E-state index contributed by atoms with van der Waals surface area (Å²) in [5.41, 5.74) is 8.50. The number of hydrogen-bond donors (Lipinski definition) is 1. The number of fused-ring (bicyclic) bond motifs is 1. The number of benzene rings is 1. The molecule has 1 aliphatic rings. The molecule has 76 valence electrons. The van der Waals surface area contributed by atoms with Crippen molar-refractivity contribution in [2.75, 3.05) is 7.11 Å². The molecule has 0 radical (unpaired) electrons. The highest BCUT2D eigenvalue weighted by Crippen LogP contribution is 2.31. The molecule has 2 nitrogen and oxygen atoms in total. The van der Waals surface area contributed by atoms with Crippen LogP contribution in [0.1, 0.15) is 17.5 Å². The summed E-state index contributed by atoms with van der Waals surface area (Å²) in [6.07, 6.45) is 3.01. The summed E-state index contributed by atoms with van der Waals surface area (Å²) in [4.78, 5) is 0. The molecule has 0 spiro atoms. The maximum absolute atomic E-state index is 6.04. The minimum Gasteiger partial charge on any atom is -0.495 e. The van der Waals surface area contributed by atoms with E-state index in [4.69, 9.17) is 22.1 Å². The number of ether oxygens (including phenoxy) is 1. The molecule has 0 aromatic heterocycles. The average Bonchev–Trinajstić information content (AvgIpc) is 2.16. The van der Waals surface area contributed by atoms with E-state index >= 15 is 0 Å². The molecule has 14 heavy (non-hydrogen) atoms. The first kappa shape index (κ1) is 9.81. The van der Waals surface area contributed by atoms with Crippen LogP contribution in [0.2, 0.25) is 5.02 Å². The Morgan fingerprint density at radius 3 is 2.93 bits per heavy atom. The van der Waals surface area contributed by atoms with Crippen molar-refractivity contribution in [2.24, 2.45) is 5.73 Å². The van der Waals surface area contributed by atoms with Crippen molar-refractivity contribution in [1.82, 2.24) is 0 Å².